The molecular formula is C28H32N2O5. The van der Waals surface area contributed by atoms with E-state index in [0.717, 1.165) is 22.3 Å². The molecule has 2 unspecified atom stereocenters. The molecule has 2 aromatic carbocycles. The monoisotopic (exact) mass is 476 g/mol. The lowest BCUT2D eigenvalue weighted by molar-refractivity contribution is -0.142. The van der Waals surface area contributed by atoms with Gasteiger partial charge in [0.2, 0.25) is 5.91 Å². The molecule has 0 bridgehead atoms. The van der Waals surface area contributed by atoms with Crippen LogP contribution in [-0.2, 0) is 14.3 Å². The first-order valence-corrected chi connectivity index (χ1v) is 12.0. The highest BCUT2D eigenvalue weighted by molar-refractivity contribution is 5.87. The summed E-state index contributed by atoms with van der Waals surface area (Å²) in [5.74, 6) is -1.85. The summed E-state index contributed by atoms with van der Waals surface area (Å²) in [5, 5.41) is 14.9. The molecule has 7 nitrogen and oxygen atoms in total. The summed E-state index contributed by atoms with van der Waals surface area (Å²) in [4.78, 5) is 37.2. The van der Waals surface area contributed by atoms with Crippen LogP contribution in [-0.4, -0.2) is 41.8 Å². The number of hydrogen-bond donors (Lipinski definition) is 3. The average molecular weight is 477 g/mol. The minimum Gasteiger partial charge on any atom is -0.481 e. The molecule has 0 heterocycles. The maximum atomic E-state index is 13.1. The molecule has 7 heteroatoms. The molecule has 3 atom stereocenters. The van der Waals surface area contributed by atoms with Gasteiger partial charge in [0.1, 0.15) is 12.6 Å². The molecule has 2 aromatic rings. The lowest BCUT2D eigenvalue weighted by Crippen LogP contribution is -2.55. The molecule has 35 heavy (non-hydrogen) atoms. The summed E-state index contributed by atoms with van der Waals surface area (Å²) in [6.07, 6.45) is 3.69. The number of ether oxygens (including phenoxy) is 1. The van der Waals surface area contributed by atoms with Crippen LogP contribution in [0.2, 0.25) is 0 Å². The van der Waals surface area contributed by atoms with E-state index >= 15 is 0 Å². The number of hydrogen-bond acceptors (Lipinski definition) is 4. The van der Waals surface area contributed by atoms with Crippen LogP contribution in [0.15, 0.2) is 60.7 Å². The number of fused-ring (bicyclic) bond motifs is 3. The fraction of sp³-hybridized carbons (Fsp3) is 0.393. The number of aliphatic carboxylic acids is 1. The molecular weight excluding hydrogens is 444 g/mol. The van der Waals surface area contributed by atoms with Crippen molar-refractivity contribution < 1.29 is 24.2 Å². The van der Waals surface area contributed by atoms with E-state index in [-0.39, 0.29) is 18.4 Å². The Kier molecular flexibility index (Phi) is 6.96. The highest BCUT2D eigenvalue weighted by atomic mass is 16.5. The predicted molar refractivity (Wildman–Crippen MR) is 133 cm³/mol. The standard InChI is InChI=1S/C28H32N2O5/c1-28(2,3)24(25(31)29-18-10-8-9-17(15-18)26(32)33)30-27(34)35-16-23-21-13-6-4-11-19(21)20-12-5-7-14-22(20)23/h4-8,10-14,17-18,23-24H,9,15-16H2,1-3H3,(H,29,31)(H,30,34)(H,32,33)/t17?,18?,24-/m0/s1. The number of alkyl carbamates (subject to hydrolysis) is 1. The van der Waals surface area contributed by atoms with Crippen LogP contribution in [0.5, 0.6) is 0 Å². The van der Waals surface area contributed by atoms with Crippen LogP contribution in [0.25, 0.3) is 11.1 Å². The van der Waals surface area contributed by atoms with Gasteiger partial charge in [-0.1, -0.05) is 81.5 Å². The summed E-state index contributed by atoms with van der Waals surface area (Å²) in [6, 6.07) is 15.0. The van der Waals surface area contributed by atoms with Gasteiger partial charge >= 0.3 is 12.1 Å². The Labute approximate surface area is 205 Å². The van der Waals surface area contributed by atoms with Gasteiger partial charge in [0.25, 0.3) is 0 Å². The zero-order chi connectivity index (χ0) is 25.2. The first kappa shape index (κ1) is 24.5. The Bertz CT molecular complexity index is 1100. The van der Waals surface area contributed by atoms with Crippen LogP contribution in [0.1, 0.15) is 50.7 Å². The van der Waals surface area contributed by atoms with E-state index in [9.17, 15) is 19.5 Å². The van der Waals surface area contributed by atoms with Gasteiger partial charge in [0, 0.05) is 12.0 Å². The Morgan fingerprint density at radius 3 is 2.20 bits per heavy atom. The largest absolute Gasteiger partial charge is 0.481 e. The van der Waals surface area contributed by atoms with E-state index in [2.05, 4.69) is 34.9 Å². The van der Waals surface area contributed by atoms with E-state index in [1.165, 1.54) is 0 Å². The van der Waals surface area contributed by atoms with Crippen LogP contribution in [0.4, 0.5) is 4.79 Å². The number of allylic oxidation sites excluding steroid dienone is 1. The Morgan fingerprint density at radius 2 is 1.63 bits per heavy atom. The second-order valence-electron chi connectivity index (χ2n) is 10.3. The van der Waals surface area contributed by atoms with Crippen LogP contribution >= 0.6 is 0 Å². The summed E-state index contributed by atoms with van der Waals surface area (Å²) >= 11 is 0. The van der Waals surface area contributed by atoms with Gasteiger partial charge in [-0.25, -0.2) is 4.79 Å². The van der Waals surface area contributed by atoms with Crippen LogP contribution < -0.4 is 10.6 Å². The Balaban J connectivity index is 1.41. The maximum Gasteiger partial charge on any atom is 0.407 e. The number of carboxylic acids is 1. The highest BCUT2D eigenvalue weighted by Crippen LogP contribution is 2.44. The van der Waals surface area contributed by atoms with Crippen molar-refractivity contribution >= 4 is 18.0 Å². The third-order valence-electron chi connectivity index (χ3n) is 6.74. The third kappa shape index (κ3) is 5.39. The average Bonchev–Trinajstić information content (AvgIpc) is 3.14. The summed E-state index contributed by atoms with van der Waals surface area (Å²) in [7, 11) is 0. The second-order valence-corrected chi connectivity index (χ2v) is 10.3. The van der Waals surface area contributed by atoms with E-state index in [0.29, 0.717) is 12.8 Å². The van der Waals surface area contributed by atoms with Crippen LogP contribution in [0, 0.1) is 11.3 Å². The minimum atomic E-state index is -0.877. The molecule has 0 saturated carbocycles. The normalized spacial score (nSPS) is 19.9. The zero-order valence-electron chi connectivity index (χ0n) is 20.3. The number of benzene rings is 2. The van der Waals surface area contributed by atoms with E-state index < -0.39 is 35.5 Å². The molecule has 184 valence electrons. The first-order chi connectivity index (χ1) is 16.6. The third-order valence-corrected chi connectivity index (χ3v) is 6.74. The quantitative estimate of drug-likeness (QED) is 0.534. The molecule has 0 saturated heterocycles. The first-order valence-electron chi connectivity index (χ1n) is 12.0. The molecule has 3 N–H and O–H groups in total. The molecule has 2 aliphatic carbocycles. The van der Waals surface area contributed by atoms with Gasteiger partial charge in [0.15, 0.2) is 0 Å². The van der Waals surface area contributed by atoms with E-state index in [4.69, 9.17) is 4.74 Å². The molecule has 2 amide bonds. The SMILES string of the molecule is CC(C)(C)[C@@H](NC(=O)OCC1c2ccccc2-c2ccccc21)C(=O)NC1C=CCC(C(=O)O)C1. The number of carbonyl (C=O) groups excluding carboxylic acids is 2. The predicted octanol–water partition coefficient (Wildman–Crippen LogP) is 4.48. The van der Waals surface area contributed by atoms with E-state index in [1.807, 2.05) is 51.1 Å². The van der Waals surface area contributed by atoms with Crippen LogP contribution in [0.3, 0.4) is 0 Å². The van der Waals surface area contributed by atoms with Crippen molar-refractivity contribution in [1.82, 2.24) is 10.6 Å². The number of carbonyl (C=O) groups is 3. The fourth-order valence-electron chi connectivity index (χ4n) is 4.90. The van der Waals surface area contributed by atoms with E-state index in [1.54, 1.807) is 6.08 Å². The molecule has 0 spiro atoms. The second kappa shape index (κ2) is 9.94. The molecule has 0 aromatic heterocycles. The number of carboxylic acid groups (broad SMARTS) is 1. The van der Waals surface area contributed by atoms with Crippen molar-refractivity contribution in [2.45, 2.75) is 51.6 Å². The smallest absolute Gasteiger partial charge is 0.407 e. The van der Waals surface area contributed by atoms with Crippen molar-refractivity contribution in [2.75, 3.05) is 6.61 Å². The van der Waals surface area contributed by atoms with Crippen molar-refractivity contribution in [3.05, 3.63) is 71.8 Å². The lowest BCUT2D eigenvalue weighted by atomic mass is 9.85. The van der Waals surface area contributed by atoms with Gasteiger partial charge in [-0.05, 0) is 40.5 Å². The molecule has 0 fully saturated rings. The topological polar surface area (TPSA) is 105 Å². The summed E-state index contributed by atoms with van der Waals surface area (Å²) in [6.45, 7) is 5.73. The molecule has 2 aliphatic rings. The number of rotatable bonds is 6. The molecule has 0 radical (unpaired) electrons. The minimum absolute atomic E-state index is 0.0737. The van der Waals surface area contributed by atoms with Crippen molar-refractivity contribution in [2.24, 2.45) is 11.3 Å². The van der Waals surface area contributed by atoms with Crippen molar-refractivity contribution in [3.8, 4) is 11.1 Å². The van der Waals surface area contributed by atoms with Crippen molar-refractivity contribution in [3.63, 3.8) is 0 Å². The summed E-state index contributed by atoms with van der Waals surface area (Å²) in [5.41, 5.74) is 3.93. The van der Waals surface area contributed by atoms with Gasteiger partial charge in [-0.2, -0.15) is 0 Å². The van der Waals surface area contributed by atoms with Gasteiger partial charge in [0.05, 0.1) is 5.92 Å². The molecule has 0 aliphatic heterocycles. The Hall–Kier alpha value is -3.61. The Morgan fingerprint density at radius 1 is 1.03 bits per heavy atom. The van der Waals surface area contributed by atoms with Gasteiger partial charge < -0.3 is 20.5 Å². The zero-order valence-corrected chi connectivity index (χ0v) is 20.3. The maximum absolute atomic E-state index is 13.1. The van der Waals surface area contributed by atoms with Gasteiger partial charge in [-0.3, -0.25) is 9.59 Å². The number of amides is 2. The fourth-order valence-corrected chi connectivity index (χ4v) is 4.90. The van der Waals surface area contributed by atoms with Crippen molar-refractivity contribution in [1.29, 1.82) is 0 Å². The summed E-state index contributed by atoms with van der Waals surface area (Å²) < 4.78 is 5.63. The lowest BCUT2D eigenvalue weighted by Gasteiger charge is -2.32. The molecule has 4 rings (SSSR count). The number of nitrogens with one attached hydrogen (secondary N) is 2. The highest BCUT2D eigenvalue weighted by Gasteiger charge is 2.36. The van der Waals surface area contributed by atoms with Gasteiger partial charge in [-0.15, -0.1) is 0 Å².